The summed E-state index contributed by atoms with van der Waals surface area (Å²) in [5.41, 5.74) is 8.95. The summed E-state index contributed by atoms with van der Waals surface area (Å²) in [4.78, 5) is 14.9. The van der Waals surface area contributed by atoms with E-state index in [1.165, 1.54) is 23.4 Å². The first-order valence-electron chi connectivity index (χ1n) is 9.47. The van der Waals surface area contributed by atoms with Gasteiger partial charge in [-0.15, -0.1) is 5.10 Å². The van der Waals surface area contributed by atoms with Crippen LogP contribution in [0.1, 0.15) is 41.0 Å². The summed E-state index contributed by atoms with van der Waals surface area (Å²) in [5.74, 6) is -0.843. The van der Waals surface area contributed by atoms with Gasteiger partial charge in [0.05, 0.1) is 11.9 Å². The van der Waals surface area contributed by atoms with Crippen molar-refractivity contribution in [2.45, 2.75) is 25.8 Å². The zero-order valence-electron chi connectivity index (χ0n) is 16.0. The maximum absolute atomic E-state index is 13.7. The van der Waals surface area contributed by atoms with Crippen molar-refractivity contribution < 1.29 is 13.8 Å². The maximum Gasteiger partial charge on any atom is 0.293 e. The molecule has 0 atom stereocenters. The molecule has 0 bridgehead atoms. The standard InChI is InChI=1S/C18H20FN9O2/c19-13-7-3-2-6-12(13)10-21-23-18(29)15-14(11-27-8-4-1-5-9-27)28(26-22-15)17-16(20)24-30-25-17/h2-3,6-7,10H,1,4-5,8-9,11H2,(H2,20,24)(H,23,29)/b21-10+. The van der Waals surface area contributed by atoms with Crippen LogP contribution in [0.4, 0.5) is 10.2 Å². The van der Waals surface area contributed by atoms with E-state index < -0.39 is 11.7 Å². The molecule has 156 valence electrons. The highest BCUT2D eigenvalue weighted by atomic mass is 19.1. The summed E-state index contributed by atoms with van der Waals surface area (Å²) < 4.78 is 19.7. The van der Waals surface area contributed by atoms with Gasteiger partial charge in [0, 0.05) is 12.1 Å². The molecule has 1 aliphatic heterocycles. The lowest BCUT2D eigenvalue weighted by Crippen LogP contribution is -2.31. The van der Waals surface area contributed by atoms with Crippen molar-refractivity contribution >= 4 is 17.9 Å². The van der Waals surface area contributed by atoms with Crippen molar-refractivity contribution in [2.75, 3.05) is 18.8 Å². The first-order valence-corrected chi connectivity index (χ1v) is 9.47. The zero-order valence-corrected chi connectivity index (χ0v) is 16.0. The van der Waals surface area contributed by atoms with Crippen LogP contribution in [0.3, 0.4) is 0 Å². The largest absolute Gasteiger partial charge is 0.378 e. The van der Waals surface area contributed by atoms with Gasteiger partial charge >= 0.3 is 0 Å². The molecule has 4 rings (SSSR count). The number of carbonyl (C=O) groups is 1. The lowest BCUT2D eigenvalue weighted by atomic mass is 10.1. The third-order valence-electron chi connectivity index (χ3n) is 4.77. The van der Waals surface area contributed by atoms with Crippen LogP contribution in [-0.4, -0.2) is 55.4 Å². The van der Waals surface area contributed by atoms with Crippen LogP contribution < -0.4 is 11.2 Å². The van der Waals surface area contributed by atoms with Crippen LogP contribution >= 0.6 is 0 Å². The van der Waals surface area contributed by atoms with Crippen LogP contribution in [0, 0.1) is 5.82 Å². The smallest absolute Gasteiger partial charge is 0.293 e. The Morgan fingerprint density at radius 2 is 2.07 bits per heavy atom. The van der Waals surface area contributed by atoms with Crippen LogP contribution in [0.25, 0.3) is 5.82 Å². The predicted octanol–water partition coefficient (Wildman–Crippen LogP) is 1.12. The molecule has 1 aromatic carbocycles. The van der Waals surface area contributed by atoms with Gasteiger partial charge in [-0.05, 0) is 42.3 Å². The molecule has 1 fully saturated rings. The Morgan fingerprint density at radius 1 is 1.27 bits per heavy atom. The molecule has 0 aliphatic carbocycles. The number of benzene rings is 1. The summed E-state index contributed by atoms with van der Waals surface area (Å²) >= 11 is 0. The molecule has 0 unspecified atom stereocenters. The Kier molecular flexibility index (Phi) is 5.75. The summed E-state index contributed by atoms with van der Waals surface area (Å²) in [6, 6.07) is 6.09. The number of halogens is 1. The number of piperidine rings is 1. The van der Waals surface area contributed by atoms with Crippen molar-refractivity contribution in [3.05, 3.63) is 47.0 Å². The molecular weight excluding hydrogens is 393 g/mol. The number of hydrazone groups is 1. The molecular formula is C18H20FN9O2. The second-order valence-electron chi connectivity index (χ2n) is 6.83. The number of amides is 1. The van der Waals surface area contributed by atoms with E-state index in [0.717, 1.165) is 25.9 Å². The second kappa shape index (κ2) is 8.78. The van der Waals surface area contributed by atoms with Gasteiger partial charge in [0.15, 0.2) is 5.69 Å². The number of anilines is 1. The number of carbonyl (C=O) groups excluding carboxylic acids is 1. The SMILES string of the molecule is Nc1nonc1-n1nnc(C(=O)N/N=C/c2ccccc2F)c1CN1CCCCC1. The van der Waals surface area contributed by atoms with Gasteiger partial charge in [-0.2, -0.15) is 9.78 Å². The molecule has 11 nitrogen and oxygen atoms in total. The second-order valence-corrected chi connectivity index (χ2v) is 6.83. The molecule has 3 heterocycles. The highest BCUT2D eigenvalue weighted by Gasteiger charge is 2.26. The molecule has 1 aliphatic rings. The van der Waals surface area contributed by atoms with Crippen LogP contribution in [-0.2, 0) is 6.54 Å². The molecule has 0 saturated carbocycles. The normalized spacial score (nSPS) is 15.0. The average molecular weight is 413 g/mol. The van der Waals surface area contributed by atoms with E-state index in [2.05, 4.69) is 40.7 Å². The number of rotatable bonds is 6. The Balaban J connectivity index is 1.58. The van der Waals surface area contributed by atoms with E-state index in [1.807, 2.05) is 0 Å². The lowest BCUT2D eigenvalue weighted by Gasteiger charge is -2.26. The third kappa shape index (κ3) is 4.17. The number of hydrogen-bond donors (Lipinski definition) is 2. The molecule has 3 aromatic rings. The minimum atomic E-state index is -0.587. The Bertz CT molecular complexity index is 1060. The first-order chi connectivity index (χ1) is 14.6. The Morgan fingerprint density at radius 3 is 2.80 bits per heavy atom. The molecule has 0 radical (unpaired) electrons. The Labute approximate surface area is 170 Å². The van der Waals surface area contributed by atoms with Gasteiger partial charge in [0.1, 0.15) is 5.82 Å². The van der Waals surface area contributed by atoms with Crippen molar-refractivity contribution in [3.8, 4) is 5.82 Å². The van der Waals surface area contributed by atoms with E-state index in [9.17, 15) is 9.18 Å². The fourth-order valence-electron chi connectivity index (χ4n) is 3.25. The van der Waals surface area contributed by atoms with Crippen LogP contribution in [0.15, 0.2) is 34.0 Å². The van der Waals surface area contributed by atoms with Gasteiger partial charge in [-0.25, -0.2) is 14.4 Å². The quantitative estimate of drug-likeness (QED) is 0.452. The lowest BCUT2D eigenvalue weighted by molar-refractivity contribution is 0.0947. The van der Waals surface area contributed by atoms with E-state index in [0.29, 0.717) is 12.2 Å². The van der Waals surface area contributed by atoms with Gasteiger partial charge in [-0.3, -0.25) is 9.69 Å². The summed E-state index contributed by atoms with van der Waals surface area (Å²) in [7, 11) is 0. The van der Waals surface area contributed by atoms with Gasteiger partial charge in [0.2, 0.25) is 11.6 Å². The minimum absolute atomic E-state index is 0.0318. The maximum atomic E-state index is 13.7. The fourth-order valence-corrected chi connectivity index (χ4v) is 3.25. The number of nitrogens with zero attached hydrogens (tertiary/aromatic N) is 7. The first kappa shape index (κ1) is 19.6. The van der Waals surface area contributed by atoms with E-state index in [4.69, 9.17) is 5.73 Å². The highest BCUT2D eigenvalue weighted by Crippen LogP contribution is 2.19. The molecule has 12 heteroatoms. The molecule has 1 saturated heterocycles. The Hall–Kier alpha value is -3.67. The summed E-state index contributed by atoms with van der Waals surface area (Å²) in [5, 5.41) is 19.1. The number of likely N-dealkylation sites (tertiary alicyclic amines) is 1. The zero-order chi connectivity index (χ0) is 20.9. The van der Waals surface area contributed by atoms with Gasteiger partial charge in [-0.1, -0.05) is 29.8 Å². The third-order valence-corrected chi connectivity index (χ3v) is 4.77. The van der Waals surface area contributed by atoms with Crippen molar-refractivity contribution in [1.29, 1.82) is 0 Å². The van der Waals surface area contributed by atoms with Crippen molar-refractivity contribution in [3.63, 3.8) is 0 Å². The topological polar surface area (TPSA) is 140 Å². The van der Waals surface area contributed by atoms with E-state index >= 15 is 0 Å². The molecule has 0 spiro atoms. The number of nitrogens with one attached hydrogen (secondary N) is 1. The average Bonchev–Trinajstić information content (AvgIpc) is 3.36. The number of aromatic nitrogens is 5. The van der Waals surface area contributed by atoms with Crippen LogP contribution in [0.2, 0.25) is 0 Å². The number of hydrogen-bond acceptors (Lipinski definition) is 9. The molecule has 2 aromatic heterocycles. The number of nitrogens with two attached hydrogens (primary N) is 1. The summed E-state index contributed by atoms with van der Waals surface area (Å²) in [6.07, 6.45) is 4.54. The fraction of sp³-hybridized carbons (Fsp3) is 0.333. The summed E-state index contributed by atoms with van der Waals surface area (Å²) in [6.45, 7) is 2.20. The van der Waals surface area contributed by atoms with Crippen LogP contribution in [0.5, 0.6) is 0 Å². The highest BCUT2D eigenvalue weighted by molar-refractivity contribution is 5.94. The number of nitrogen functional groups attached to an aromatic ring is 1. The van der Waals surface area contributed by atoms with Crippen molar-refractivity contribution in [2.24, 2.45) is 5.10 Å². The minimum Gasteiger partial charge on any atom is -0.378 e. The van der Waals surface area contributed by atoms with Crippen molar-refractivity contribution in [1.82, 2.24) is 35.6 Å². The van der Waals surface area contributed by atoms with Gasteiger partial charge in [0.25, 0.3) is 5.91 Å². The molecule has 30 heavy (non-hydrogen) atoms. The van der Waals surface area contributed by atoms with E-state index in [1.54, 1.807) is 18.2 Å². The van der Waals surface area contributed by atoms with Gasteiger partial charge < -0.3 is 5.73 Å². The van der Waals surface area contributed by atoms with E-state index in [-0.39, 0.29) is 22.9 Å². The monoisotopic (exact) mass is 413 g/mol. The molecule has 3 N–H and O–H groups in total. The molecule has 1 amide bonds. The predicted molar refractivity (Wildman–Crippen MR) is 104 cm³/mol.